The molecule has 0 spiro atoms. The van der Waals surface area contributed by atoms with Crippen molar-refractivity contribution in [2.24, 2.45) is 0 Å². The van der Waals surface area contributed by atoms with Gasteiger partial charge in [0.05, 0.1) is 4.92 Å². The summed E-state index contributed by atoms with van der Waals surface area (Å²) in [5, 5.41) is 13.5. The third-order valence-corrected chi connectivity index (χ3v) is 3.74. The molecule has 1 amide bonds. The smallest absolute Gasteiger partial charge is 0.289 e. The number of rotatable bonds is 6. The molecule has 0 fully saturated rings. The van der Waals surface area contributed by atoms with E-state index in [2.05, 4.69) is 17.4 Å². The first-order chi connectivity index (χ1) is 11.0. The minimum Gasteiger partial charge on any atom is -0.326 e. The maximum atomic E-state index is 11.9. The number of hydrogen-bond donors (Lipinski definition) is 1. The first kappa shape index (κ1) is 17.0. The normalized spacial score (nSPS) is 10.3. The third kappa shape index (κ3) is 5.07. The molecule has 0 unspecified atom stereocenters. The highest BCUT2D eigenvalue weighted by Gasteiger charge is 2.13. The molecule has 1 N–H and O–H groups in total. The van der Waals surface area contributed by atoms with Gasteiger partial charge < -0.3 is 5.32 Å². The summed E-state index contributed by atoms with van der Waals surface area (Å²) >= 11 is 5.74. The number of hydrogen-bond acceptors (Lipinski definition) is 3. The Kier molecular flexibility index (Phi) is 5.71. The lowest BCUT2D eigenvalue weighted by atomic mass is 10.1. The Balaban J connectivity index is 1.86. The van der Waals surface area contributed by atoms with Crippen molar-refractivity contribution in [3.05, 3.63) is 68.7 Å². The van der Waals surface area contributed by atoms with Crippen molar-refractivity contribution >= 4 is 28.9 Å². The fourth-order valence-corrected chi connectivity index (χ4v) is 2.35. The molecule has 0 saturated carbocycles. The topological polar surface area (TPSA) is 72.2 Å². The first-order valence-electron chi connectivity index (χ1n) is 7.25. The van der Waals surface area contributed by atoms with Gasteiger partial charge in [-0.3, -0.25) is 14.9 Å². The van der Waals surface area contributed by atoms with E-state index in [-0.39, 0.29) is 16.6 Å². The highest BCUT2D eigenvalue weighted by molar-refractivity contribution is 6.32. The van der Waals surface area contributed by atoms with E-state index in [4.69, 9.17) is 11.6 Å². The van der Waals surface area contributed by atoms with Gasteiger partial charge in [0.15, 0.2) is 0 Å². The summed E-state index contributed by atoms with van der Waals surface area (Å²) in [6, 6.07) is 12.4. The Morgan fingerprint density at radius 2 is 1.91 bits per heavy atom. The number of benzene rings is 2. The average Bonchev–Trinajstić information content (AvgIpc) is 2.51. The number of halogens is 1. The van der Waals surface area contributed by atoms with E-state index in [1.807, 2.05) is 19.1 Å². The van der Waals surface area contributed by atoms with Crippen molar-refractivity contribution in [2.75, 3.05) is 5.32 Å². The van der Waals surface area contributed by atoms with Crippen LogP contribution in [0.3, 0.4) is 0 Å². The predicted molar refractivity (Wildman–Crippen MR) is 90.9 cm³/mol. The van der Waals surface area contributed by atoms with Crippen LogP contribution in [0.15, 0.2) is 42.5 Å². The van der Waals surface area contributed by atoms with Crippen LogP contribution in [-0.4, -0.2) is 10.8 Å². The summed E-state index contributed by atoms with van der Waals surface area (Å²) in [7, 11) is 0. The molecule has 2 aromatic rings. The number of nitro benzene ring substituents is 1. The lowest BCUT2D eigenvalue weighted by Crippen LogP contribution is -2.11. The molecule has 0 atom stereocenters. The zero-order valence-electron chi connectivity index (χ0n) is 12.7. The second kappa shape index (κ2) is 7.74. The van der Waals surface area contributed by atoms with Gasteiger partial charge in [0.25, 0.3) is 5.69 Å². The minimum absolute atomic E-state index is 0.0485. The quantitative estimate of drug-likeness (QED) is 0.624. The zero-order chi connectivity index (χ0) is 16.8. The van der Waals surface area contributed by atoms with E-state index in [1.165, 1.54) is 23.3 Å². The predicted octanol–water partition coefficient (Wildman–Crippen LogP) is 4.52. The Bertz CT molecular complexity index is 714. The van der Waals surface area contributed by atoms with E-state index in [0.717, 1.165) is 6.42 Å². The van der Waals surface area contributed by atoms with E-state index >= 15 is 0 Å². The molecule has 0 radical (unpaired) electrons. The number of nitrogens with zero attached hydrogens (tertiary/aromatic N) is 1. The van der Waals surface area contributed by atoms with Gasteiger partial charge in [-0.2, -0.15) is 0 Å². The fourth-order valence-electron chi connectivity index (χ4n) is 2.16. The van der Waals surface area contributed by atoms with Gasteiger partial charge in [0, 0.05) is 18.2 Å². The molecular weight excluding hydrogens is 316 g/mol. The Hall–Kier alpha value is -2.40. The van der Waals surface area contributed by atoms with Crippen LogP contribution in [0.4, 0.5) is 11.4 Å². The zero-order valence-corrected chi connectivity index (χ0v) is 13.5. The lowest BCUT2D eigenvalue weighted by molar-refractivity contribution is -0.384. The average molecular weight is 333 g/mol. The van der Waals surface area contributed by atoms with Crippen LogP contribution >= 0.6 is 11.6 Å². The summed E-state index contributed by atoms with van der Waals surface area (Å²) in [6.07, 6.45) is 1.88. The molecule has 2 aromatic carbocycles. The Labute approximate surface area is 139 Å². The molecule has 6 heteroatoms. The maximum absolute atomic E-state index is 11.9. The molecule has 120 valence electrons. The number of carbonyl (C=O) groups is 1. The molecule has 5 nitrogen and oxygen atoms in total. The van der Waals surface area contributed by atoms with Gasteiger partial charge in [-0.1, -0.05) is 41.4 Å². The summed E-state index contributed by atoms with van der Waals surface area (Å²) in [5.41, 5.74) is 2.55. The van der Waals surface area contributed by atoms with Crippen LogP contribution in [0.25, 0.3) is 0 Å². The SMILES string of the molecule is Cc1ccc(CCCC(=O)Nc2ccc(Cl)c([N+](=O)[O-])c2)cc1. The standard InChI is InChI=1S/C17H17ClN2O3/c1-12-5-7-13(8-6-12)3-2-4-17(21)19-14-9-10-15(18)16(11-14)20(22)23/h5-11H,2-4H2,1H3,(H,19,21). The first-order valence-corrected chi connectivity index (χ1v) is 7.63. The molecule has 2 rings (SSSR count). The fraction of sp³-hybridized carbons (Fsp3) is 0.235. The van der Waals surface area contributed by atoms with Crippen LogP contribution in [0.2, 0.25) is 5.02 Å². The van der Waals surface area contributed by atoms with E-state index in [0.29, 0.717) is 18.5 Å². The van der Waals surface area contributed by atoms with Crippen LogP contribution in [0.1, 0.15) is 24.0 Å². The number of carbonyl (C=O) groups excluding carboxylic acids is 1. The van der Waals surface area contributed by atoms with Gasteiger partial charge in [-0.25, -0.2) is 0 Å². The van der Waals surface area contributed by atoms with Gasteiger partial charge in [0.2, 0.25) is 5.91 Å². The maximum Gasteiger partial charge on any atom is 0.289 e. The monoisotopic (exact) mass is 332 g/mol. The highest BCUT2D eigenvalue weighted by atomic mass is 35.5. The molecule has 0 aliphatic rings. The molecule has 0 aliphatic carbocycles. The van der Waals surface area contributed by atoms with Crippen molar-refractivity contribution in [3.8, 4) is 0 Å². The van der Waals surface area contributed by atoms with E-state index < -0.39 is 4.92 Å². The summed E-state index contributed by atoms with van der Waals surface area (Å²) in [4.78, 5) is 22.2. The molecule has 0 aromatic heterocycles. The third-order valence-electron chi connectivity index (χ3n) is 3.42. The van der Waals surface area contributed by atoms with Crippen LogP contribution in [-0.2, 0) is 11.2 Å². The van der Waals surface area contributed by atoms with Crippen molar-refractivity contribution in [2.45, 2.75) is 26.2 Å². The highest BCUT2D eigenvalue weighted by Crippen LogP contribution is 2.27. The molecule has 0 aliphatic heterocycles. The number of nitro groups is 1. The summed E-state index contributed by atoms with van der Waals surface area (Å²) in [6.45, 7) is 2.03. The van der Waals surface area contributed by atoms with Crippen LogP contribution in [0, 0.1) is 17.0 Å². The van der Waals surface area contributed by atoms with E-state index in [1.54, 1.807) is 6.07 Å². The van der Waals surface area contributed by atoms with Gasteiger partial charge >= 0.3 is 0 Å². The van der Waals surface area contributed by atoms with Gasteiger partial charge in [0.1, 0.15) is 5.02 Å². The van der Waals surface area contributed by atoms with Crippen LogP contribution in [0.5, 0.6) is 0 Å². The second-order valence-electron chi connectivity index (χ2n) is 5.31. The summed E-state index contributed by atoms with van der Waals surface area (Å²) in [5.74, 6) is -0.172. The molecule has 23 heavy (non-hydrogen) atoms. The van der Waals surface area contributed by atoms with Gasteiger partial charge in [-0.15, -0.1) is 0 Å². The molecule has 0 bridgehead atoms. The molecule has 0 heterocycles. The lowest BCUT2D eigenvalue weighted by Gasteiger charge is -2.06. The second-order valence-corrected chi connectivity index (χ2v) is 5.72. The number of amides is 1. The van der Waals surface area contributed by atoms with Crippen molar-refractivity contribution < 1.29 is 9.72 Å². The van der Waals surface area contributed by atoms with E-state index in [9.17, 15) is 14.9 Å². The van der Waals surface area contributed by atoms with Crippen molar-refractivity contribution in [1.29, 1.82) is 0 Å². The molecule has 0 saturated heterocycles. The van der Waals surface area contributed by atoms with Crippen LogP contribution < -0.4 is 5.32 Å². The number of anilines is 1. The summed E-state index contributed by atoms with van der Waals surface area (Å²) < 4.78 is 0. The van der Waals surface area contributed by atoms with Gasteiger partial charge in [-0.05, 0) is 37.5 Å². The molecular formula is C17H17ClN2O3. The minimum atomic E-state index is -0.574. The number of aryl methyl sites for hydroxylation is 2. The largest absolute Gasteiger partial charge is 0.326 e. The van der Waals surface area contributed by atoms with Crippen molar-refractivity contribution in [1.82, 2.24) is 0 Å². The van der Waals surface area contributed by atoms with Crippen molar-refractivity contribution in [3.63, 3.8) is 0 Å². The Morgan fingerprint density at radius 3 is 2.57 bits per heavy atom. The Morgan fingerprint density at radius 1 is 1.22 bits per heavy atom. The number of nitrogens with one attached hydrogen (secondary N) is 1.